The molecule has 86 valence electrons. The molecule has 6 heteroatoms. The Morgan fingerprint density at radius 2 is 2.19 bits per heavy atom. The summed E-state index contributed by atoms with van der Waals surface area (Å²) in [6.07, 6.45) is 5.33. The topological polar surface area (TPSA) is 69.6 Å². The van der Waals surface area contributed by atoms with E-state index in [4.69, 9.17) is 5.73 Å². The second-order valence-corrected chi connectivity index (χ2v) is 4.44. The Bertz CT molecular complexity index is 493. The number of halogens is 1. The van der Waals surface area contributed by atoms with Gasteiger partial charge in [0.05, 0.1) is 6.33 Å². The third-order valence-corrected chi connectivity index (χ3v) is 2.99. The molecular formula is C10H14BrN5. The van der Waals surface area contributed by atoms with Crippen molar-refractivity contribution in [1.82, 2.24) is 19.5 Å². The molecule has 0 atom stereocenters. The van der Waals surface area contributed by atoms with Crippen molar-refractivity contribution in [2.75, 3.05) is 5.73 Å². The predicted molar refractivity (Wildman–Crippen MR) is 67.0 cm³/mol. The number of nitrogen functional groups attached to an aromatic ring is 1. The average molecular weight is 284 g/mol. The highest BCUT2D eigenvalue weighted by atomic mass is 79.9. The van der Waals surface area contributed by atoms with Crippen molar-refractivity contribution in [3.63, 3.8) is 0 Å². The van der Waals surface area contributed by atoms with E-state index in [9.17, 15) is 0 Å². The van der Waals surface area contributed by atoms with Crippen LogP contribution >= 0.6 is 15.9 Å². The van der Waals surface area contributed by atoms with Gasteiger partial charge in [-0.15, -0.1) is 0 Å². The molecule has 0 spiro atoms. The van der Waals surface area contributed by atoms with Crippen molar-refractivity contribution in [2.24, 2.45) is 0 Å². The summed E-state index contributed by atoms with van der Waals surface area (Å²) in [6, 6.07) is 0. The average Bonchev–Trinajstić information content (AvgIpc) is 2.62. The van der Waals surface area contributed by atoms with Crippen LogP contribution in [-0.2, 0) is 6.54 Å². The fourth-order valence-corrected chi connectivity index (χ4v) is 2.08. The van der Waals surface area contributed by atoms with Crippen molar-refractivity contribution in [3.05, 3.63) is 10.9 Å². The van der Waals surface area contributed by atoms with E-state index in [0.717, 1.165) is 24.1 Å². The second kappa shape index (κ2) is 4.78. The van der Waals surface area contributed by atoms with Gasteiger partial charge in [-0.2, -0.15) is 4.98 Å². The third-order valence-electron chi connectivity index (χ3n) is 2.44. The highest BCUT2D eigenvalue weighted by Crippen LogP contribution is 2.20. The van der Waals surface area contributed by atoms with Crippen LogP contribution < -0.4 is 5.73 Å². The van der Waals surface area contributed by atoms with E-state index < -0.39 is 0 Å². The van der Waals surface area contributed by atoms with Crippen LogP contribution in [0.15, 0.2) is 10.9 Å². The number of hydrogen-bond acceptors (Lipinski definition) is 4. The van der Waals surface area contributed by atoms with Gasteiger partial charge in [0.2, 0.25) is 5.95 Å². The maximum absolute atomic E-state index is 5.61. The number of imidazole rings is 1. The number of anilines is 1. The molecule has 2 heterocycles. The molecule has 0 fully saturated rings. The molecule has 0 aromatic carbocycles. The zero-order valence-corrected chi connectivity index (χ0v) is 10.7. The fraction of sp³-hybridized carbons (Fsp3) is 0.500. The molecule has 0 saturated carbocycles. The van der Waals surface area contributed by atoms with Gasteiger partial charge < -0.3 is 10.3 Å². The molecule has 16 heavy (non-hydrogen) atoms. The maximum atomic E-state index is 5.61. The number of hydrogen-bond donors (Lipinski definition) is 1. The van der Waals surface area contributed by atoms with Crippen LogP contribution in [0.4, 0.5) is 5.95 Å². The van der Waals surface area contributed by atoms with Crippen LogP contribution in [0, 0.1) is 0 Å². The summed E-state index contributed by atoms with van der Waals surface area (Å²) in [7, 11) is 0. The van der Waals surface area contributed by atoms with Crippen molar-refractivity contribution < 1.29 is 0 Å². The van der Waals surface area contributed by atoms with Gasteiger partial charge in [0.15, 0.2) is 5.65 Å². The van der Waals surface area contributed by atoms with Crippen LogP contribution in [0.25, 0.3) is 11.2 Å². The Morgan fingerprint density at radius 3 is 2.94 bits per heavy atom. The van der Waals surface area contributed by atoms with Gasteiger partial charge in [-0.05, 0) is 22.4 Å². The summed E-state index contributed by atoms with van der Waals surface area (Å²) in [5.74, 6) is 0.275. The second-order valence-electron chi connectivity index (χ2n) is 3.69. The normalized spacial score (nSPS) is 11.1. The molecule has 0 saturated heterocycles. The molecular weight excluding hydrogens is 270 g/mol. The first-order valence-electron chi connectivity index (χ1n) is 5.36. The molecule has 0 radical (unpaired) electrons. The smallest absolute Gasteiger partial charge is 0.223 e. The minimum absolute atomic E-state index is 0.275. The SMILES string of the molecule is CCCCCn1cnc2c(Br)nc(N)nc21. The molecule has 5 nitrogen and oxygen atoms in total. The van der Waals surface area contributed by atoms with Crippen molar-refractivity contribution in [1.29, 1.82) is 0 Å². The minimum atomic E-state index is 0.275. The van der Waals surface area contributed by atoms with Crippen LogP contribution in [0.3, 0.4) is 0 Å². The van der Waals surface area contributed by atoms with Crippen LogP contribution in [0.2, 0.25) is 0 Å². The Kier molecular flexibility index (Phi) is 3.38. The molecule has 0 aliphatic rings. The number of aryl methyl sites for hydroxylation is 1. The molecule has 0 bridgehead atoms. The van der Waals surface area contributed by atoms with Gasteiger partial charge in [-0.1, -0.05) is 19.8 Å². The van der Waals surface area contributed by atoms with Crippen molar-refractivity contribution >= 4 is 33.0 Å². The largest absolute Gasteiger partial charge is 0.368 e. The highest BCUT2D eigenvalue weighted by Gasteiger charge is 2.09. The Balaban J connectivity index is 2.32. The Morgan fingerprint density at radius 1 is 1.38 bits per heavy atom. The number of aromatic nitrogens is 4. The molecule has 2 N–H and O–H groups in total. The quantitative estimate of drug-likeness (QED) is 0.691. The standard InChI is InChI=1S/C10H14BrN5/c1-2-3-4-5-16-6-13-7-8(11)14-10(12)15-9(7)16/h6H,2-5H2,1H3,(H2,12,14,15). The van der Waals surface area contributed by atoms with E-state index >= 15 is 0 Å². The lowest BCUT2D eigenvalue weighted by molar-refractivity contribution is 0.610. The van der Waals surface area contributed by atoms with E-state index in [1.54, 1.807) is 6.33 Å². The lowest BCUT2D eigenvalue weighted by Crippen LogP contribution is -2.01. The summed E-state index contributed by atoms with van der Waals surface area (Å²) >= 11 is 3.34. The Labute approximate surface area is 102 Å². The molecule has 0 aliphatic heterocycles. The number of unbranched alkanes of at least 4 members (excludes halogenated alkanes) is 2. The van der Waals surface area contributed by atoms with E-state index in [1.165, 1.54) is 12.8 Å². The van der Waals surface area contributed by atoms with Gasteiger partial charge in [0.25, 0.3) is 0 Å². The van der Waals surface area contributed by atoms with Crippen LogP contribution in [-0.4, -0.2) is 19.5 Å². The number of fused-ring (bicyclic) bond motifs is 1. The monoisotopic (exact) mass is 283 g/mol. The zero-order chi connectivity index (χ0) is 11.5. The molecule has 2 rings (SSSR count). The predicted octanol–water partition coefficient (Wildman–Crippen LogP) is 2.36. The molecule has 0 aliphatic carbocycles. The fourth-order valence-electron chi connectivity index (χ4n) is 1.62. The lowest BCUT2D eigenvalue weighted by Gasteiger charge is -2.03. The summed E-state index contributed by atoms with van der Waals surface area (Å²) in [5, 5.41) is 0. The first-order chi connectivity index (χ1) is 7.72. The van der Waals surface area contributed by atoms with E-state index in [0.29, 0.717) is 4.60 Å². The lowest BCUT2D eigenvalue weighted by atomic mass is 10.2. The van der Waals surface area contributed by atoms with E-state index in [-0.39, 0.29) is 5.95 Å². The van der Waals surface area contributed by atoms with Crippen molar-refractivity contribution in [3.8, 4) is 0 Å². The summed E-state index contributed by atoms with van der Waals surface area (Å²) in [5.41, 5.74) is 7.18. The Hall–Kier alpha value is -1.17. The number of nitrogens with two attached hydrogens (primary N) is 1. The van der Waals surface area contributed by atoms with Gasteiger partial charge in [-0.25, -0.2) is 9.97 Å². The first-order valence-corrected chi connectivity index (χ1v) is 6.15. The van der Waals surface area contributed by atoms with Gasteiger partial charge in [0, 0.05) is 6.54 Å². The van der Waals surface area contributed by atoms with Crippen LogP contribution in [0.1, 0.15) is 26.2 Å². The number of nitrogens with zero attached hydrogens (tertiary/aromatic N) is 4. The summed E-state index contributed by atoms with van der Waals surface area (Å²) < 4.78 is 2.68. The molecule has 2 aromatic rings. The van der Waals surface area contributed by atoms with Gasteiger partial charge in [0.1, 0.15) is 10.1 Å². The third kappa shape index (κ3) is 2.16. The zero-order valence-electron chi connectivity index (χ0n) is 9.15. The maximum Gasteiger partial charge on any atom is 0.223 e. The van der Waals surface area contributed by atoms with E-state index in [1.807, 2.05) is 4.57 Å². The highest BCUT2D eigenvalue weighted by molar-refractivity contribution is 9.10. The van der Waals surface area contributed by atoms with Crippen molar-refractivity contribution in [2.45, 2.75) is 32.7 Å². The summed E-state index contributed by atoms with van der Waals surface area (Å²) in [6.45, 7) is 3.11. The van der Waals surface area contributed by atoms with Gasteiger partial charge >= 0.3 is 0 Å². The molecule has 0 amide bonds. The number of rotatable bonds is 4. The molecule has 0 unspecified atom stereocenters. The van der Waals surface area contributed by atoms with Crippen LogP contribution in [0.5, 0.6) is 0 Å². The van der Waals surface area contributed by atoms with E-state index in [2.05, 4.69) is 37.8 Å². The van der Waals surface area contributed by atoms with Gasteiger partial charge in [-0.3, -0.25) is 0 Å². The molecule has 2 aromatic heterocycles. The summed E-state index contributed by atoms with van der Waals surface area (Å²) in [4.78, 5) is 12.5. The first kappa shape index (κ1) is 11.3. The minimum Gasteiger partial charge on any atom is -0.368 e.